The molecule has 0 aliphatic rings. The number of amides is 1. The number of aliphatic hydroxyl groups excluding tert-OH is 2. The van der Waals surface area contributed by atoms with Gasteiger partial charge in [-0.2, -0.15) is 0 Å². The molecule has 0 aliphatic heterocycles. The average Bonchev–Trinajstić information content (AvgIpc) is 2.70. The van der Waals surface area contributed by atoms with Gasteiger partial charge >= 0.3 is 5.91 Å². The molecule has 0 radical (unpaired) electrons. The molecule has 0 aromatic rings. The second kappa shape index (κ2) is 26.1. The molecule has 6 heteroatoms. The molecule has 180 valence electrons. The molecule has 0 saturated carbocycles. The fraction of sp³-hybridized carbons (Fsp3) is 0.917. The van der Waals surface area contributed by atoms with Crippen molar-refractivity contribution < 1.29 is 29.8 Å². The number of carbonyl (C=O) groups excluding carboxylic acids is 2. The van der Waals surface area contributed by atoms with Gasteiger partial charge in [0.2, 0.25) is 0 Å². The molecule has 0 aromatic carbocycles. The Morgan fingerprint density at radius 2 is 0.967 bits per heavy atom. The molecule has 6 nitrogen and oxygen atoms in total. The van der Waals surface area contributed by atoms with Gasteiger partial charge in [0.25, 0.3) is 0 Å². The van der Waals surface area contributed by atoms with E-state index in [0.717, 1.165) is 19.8 Å². The molecule has 0 saturated heterocycles. The molecule has 0 fully saturated rings. The van der Waals surface area contributed by atoms with Crippen molar-refractivity contribution in [2.24, 2.45) is 0 Å². The number of carbonyl (C=O) groups is 2. The Morgan fingerprint density at radius 3 is 1.27 bits per heavy atom. The third kappa shape index (κ3) is 27.0. The summed E-state index contributed by atoms with van der Waals surface area (Å²) in [7, 11) is 0. The Balaban J connectivity index is 0. The highest BCUT2D eigenvalue weighted by molar-refractivity contribution is 5.66. The van der Waals surface area contributed by atoms with Crippen LogP contribution in [0, 0.1) is 0 Å². The van der Waals surface area contributed by atoms with Gasteiger partial charge in [-0.1, -0.05) is 96.8 Å². The molecule has 1 amide bonds. The smallest absolute Gasteiger partial charge is 0.312 e. The van der Waals surface area contributed by atoms with Gasteiger partial charge in [-0.15, -0.1) is 0 Å². The summed E-state index contributed by atoms with van der Waals surface area (Å²) in [6.07, 6.45) is 20.5. The Morgan fingerprint density at radius 1 is 0.667 bits per heavy atom. The number of quaternary nitrogens is 1. The van der Waals surface area contributed by atoms with Crippen molar-refractivity contribution in [3.63, 3.8) is 0 Å². The predicted octanol–water partition coefficient (Wildman–Crippen LogP) is 2.40. The van der Waals surface area contributed by atoms with Crippen molar-refractivity contribution in [2.45, 2.75) is 117 Å². The molecule has 3 N–H and O–H groups in total. The number of carboxylic acid groups (broad SMARTS) is 1. The minimum Gasteiger partial charge on any atom is -0.550 e. The summed E-state index contributed by atoms with van der Waals surface area (Å²) in [6.45, 7) is 4.07. The monoisotopic (exact) mass is 431 g/mol. The first-order valence-corrected chi connectivity index (χ1v) is 12.3. The summed E-state index contributed by atoms with van der Waals surface area (Å²) in [5.41, 5.74) is 0. The molecule has 30 heavy (non-hydrogen) atoms. The van der Waals surface area contributed by atoms with Crippen molar-refractivity contribution in [3.8, 4) is 0 Å². The van der Waals surface area contributed by atoms with Crippen molar-refractivity contribution in [3.05, 3.63) is 0 Å². The largest absolute Gasteiger partial charge is 0.550 e. The molecular weight excluding hydrogens is 382 g/mol. The molecule has 0 aliphatic carbocycles. The highest BCUT2D eigenvalue weighted by Gasteiger charge is 2.17. The average molecular weight is 432 g/mol. The van der Waals surface area contributed by atoms with Crippen LogP contribution in [0.2, 0.25) is 0 Å². The van der Waals surface area contributed by atoms with E-state index >= 15 is 0 Å². The first kappa shape index (κ1) is 31.2. The quantitative estimate of drug-likeness (QED) is 0.257. The van der Waals surface area contributed by atoms with Crippen LogP contribution in [0.1, 0.15) is 117 Å². The minimum atomic E-state index is -1.08. The van der Waals surface area contributed by atoms with Crippen LogP contribution < -0.4 is 10.0 Å². The summed E-state index contributed by atoms with van der Waals surface area (Å²) in [4.78, 5) is 21.6. The van der Waals surface area contributed by atoms with E-state index in [-0.39, 0.29) is 19.1 Å². The van der Waals surface area contributed by atoms with Crippen LogP contribution in [-0.2, 0) is 9.59 Å². The molecule has 0 rings (SSSR count). The SMILES string of the molecule is CC(=O)[O-].CCCCCCCCCCCCCCCCCC(=O)[NH+](CCO)CCO. The van der Waals surface area contributed by atoms with E-state index in [1.807, 2.05) is 0 Å². The number of carboxylic acids is 1. The van der Waals surface area contributed by atoms with Crippen LogP contribution in [-0.4, -0.2) is 48.4 Å². The normalized spacial score (nSPS) is 10.7. The van der Waals surface area contributed by atoms with E-state index in [0.29, 0.717) is 24.4 Å². The second-order valence-electron chi connectivity index (χ2n) is 8.17. The maximum absolute atomic E-state index is 12.0. The van der Waals surface area contributed by atoms with Crippen molar-refractivity contribution in [1.29, 1.82) is 0 Å². The van der Waals surface area contributed by atoms with Crippen LogP contribution in [0.4, 0.5) is 0 Å². The third-order valence-corrected chi connectivity index (χ3v) is 5.23. The third-order valence-electron chi connectivity index (χ3n) is 5.23. The van der Waals surface area contributed by atoms with Crippen LogP contribution in [0.5, 0.6) is 0 Å². The van der Waals surface area contributed by atoms with Crippen molar-refractivity contribution in [1.82, 2.24) is 0 Å². The zero-order valence-corrected chi connectivity index (χ0v) is 19.8. The lowest BCUT2D eigenvalue weighted by atomic mass is 10.0. The highest BCUT2D eigenvalue weighted by Crippen LogP contribution is 2.13. The fourth-order valence-electron chi connectivity index (χ4n) is 3.51. The van der Waals surface area contributed by atoms with Crippen molar-refractivity contribution >= 4 is 11.9 Å². The Hall–Kier alpha value is -0.980. The first-order chi connectivity index (χ1) is 14.5. The summed E-state index contributed by atoms with van der Waals surface area (Å²) >= 11 is 0. The predicted molar refractivity (Wildman–Crippen MR) is 120 cm³/mol. The van der Waals surface area contributed by atoms with E-state index < -0.39 is 5.97 Å². The van der Waals surface area contributed by atoms with Gasteiger partial charge in [-0.05, 0) is 13.3 Å². The van der Waals surface area contributed by atoms with Crippen LogP contribution in [0.15, 0.2) is 0 Å². The van der Waals surface area contributed by atoms with E-state index in [1.165, 1.54) is 83.5 Å². The van der Waals surface area contributed by atoms with Gasteiger partial charge in [0, 0.05) is 5.97 Å². The van der Waals surface area contributed by atoms with Gasteiger partial charge in [0.15, 0.2) is 0 Å². The summed E-state index contributed by atoms with van der Waals surface area (Å²) in [5, 5.41) is 26.8. The van der Waals surface area contributed by atoms with Gasteiger partial charge < -0.3 is 20.1 Å². The molecular formula is C24H49NO5. The number of aliphatic hydroxyl groups is 2. The van der Waals surface area contributed by atoms with Crippen LogP contribution in [0.3, 0.4) is 0 Å². The molecule has 0 atom stereocenters. The lowest BCUT2D eigenvalue weighted by molar-refractivity contribution is -0.822. The van der Waals surface area contributed by atoms with E-state index in [9.17, 15) is 4.79 Å². The molecule has 0 aromatic heterocycles. The zero-order valence-electron chi connectivity index (χ0n) is 19.8. The molecule has 0 heterocycles. The summed E-state index contributed by atoms with van der Waals surface area (Å²) in [6, 6.07) is 0. The number of hydrogen-bond donors (Lipinski definition) is 3. The Labute approximate surface area is 185 Å². The van der Waals surface area contributed by atoms with Crippen LogP contribution in [0.25, 0.3) is 0 Å². The van der Waals surface area contributed by atoms with Gasteiger partial charge in [0.1, 0.15) is 13.1 Å². The Kier molecular flexibility index (Phi) is 27.1. The molecule has 0 unspecified atom stereocenters. The summed E-state index contributed by atoms with van der Waals surface area (Å²) < 4.78 is 0. The number of hydrogen-bond acceptors (Lipinski definition) is 5. The van der Waals surface area contributed by atoms with E-state index in [4.69, 9.17) is 20.1 Å². The number of aliphatic carboxylic acids is 1. The Bertz CT molecular complexity index is 367. The van der Waals surface area contributed by atoms with E-state index in [2.05, 4.69) is 6.92 Å². The molecule has 0 spiro atoms. The van der Waals surface area contributed by atoms with Gasteiger partial charge in [-0.3, -0.25) is 4.90 Å². The van der Waals surface area contributed by atoms with Crippen molar-refractivity contribution in [2.75, 3.05) is 26.3 Å². The van der Waals surface area contributed by atoms with Crippen LogP contribution >= 0.6 is 0 Å². The highest BCUT2D eigenvalue weighted by atomic mass is 16.4. The minimum absolute atomic E-state index is 0.0000690. The maximum atomic E-state index is 12.0. The lowest BCUT2D eigenvalue weighted by Crippen LogP contribution is -3.15. The summed E-state index contributed by atoms with van der Waals surface area (Å²) in [5.74, 6) is -0.942. The fourth-order valence-corrected chi connectivity index (χ4v) is 3.51. The van der Waals surface area contributed by atoms with Gasteiger partial charge in [-0.25, -0.2) is 4.79 Å². The topological polar surface area (TPSA) is 102 Å². The van der Waals surface area contributed by atoms with Gasteiger partial charge in [0.05, 0.1) is 19.6 Å². The standard InChI is InChI=1S/C22H45NO3.C2H4O2/c1-2-3-4-5-6-7-8-9-10-11-12-13-14-15-16-17-22(26)23(18-20-24)19-21-25;1-2(3)4/h24-25H,2-21H2,1H3;1H3,(H,3,4). The molecule has 0 bridgehead atoms. The second-order valence-corrected chi connectivity index (χ2v) is 8.17. The number of nitrogens with one attached hydrogen (secondary N) is 1. The number of rotatable bonds is 20. The first-order valence-electron chi connectivity index (χ1n) is 12.3. The zero-order chi connectivity index (χ0) is 22.9. The maximum Gasteiger partial charge on any atom is 0.312 e. The number of unbranched alkanes of at least 4 members (excludes halogenated alkanes) is 14. The lowest BCUT2D eigenvalue weighted by Gasteiger charge is -2.14. The van der Waals surface area contributed by atoms with E-state index in [1.54, 1.807) is 0 Å².